The standard InChI is InChI=1S/C11H14BrN3O2/c1-6-3-2-4-8(10(6)12)15-11(17)7(13)5-9(14)16/h2-4,7H,5,13H2,1H3,(H2,14,16)(H,15,17). The SMILES string of the molecule is Cc1cccc(NC(=O)C(N)CC(N)=O)c1Br. The second-order valence-electron chi connectivity index (χ2n) is 3.70. The molecule has 1 aromatic rings. The van der Waals surface area contributed by atoms with E-state index in [1.165, 1.54) is 0 Å². The van der Waals surface area contributed by atoms with Gasteiger partial charge < -0.3 is 16.8 Å². The average Bonchev–Trinajstić information content (AvgIpc) is 2.23. The molecule has 0 aliphatic carbocycles. The van der Waals surface area contributed by atoms with E-state index >= 15 is 0 Å². The first-order valence-electron chi connectivity index (χ1n) is 5.01. The number of hydrogen-bond donors (Lipinski definition) is 3. The molecule has 0 heterocycles. The lowest BCUT2D eigenvalue weighted by Crippen LogP contribution is -2.39. The lowest BCUT2D eigenvalue weighted by Gasteiger charge is -2.12. The summed E-state index contributed by atoms with van der Waals surface area (Å²) in [5.41, 5.74) is 12.1. The van der Waals surface area contributed by atoms with Gasteiger partial charge in [0.25, 0.3) is 0 Å². The van der Waals surface area contributed by atoms with Gasteiger partial charge in [-0.1, -0.05) is 12.1 Å². The number of amides is 2. The molecule has 92 valence electrons. The molecule has 0 radical (unpaired) electrons. The minimum atomic E-state index is -0.931. The van der Waals surface area contributed by atoms with E-state index in [-0.39, 0.29) is 6.42 Å². The largest absolute Gasteiger partial charge is 0.370 e. The summed E-state index contributed by atoms with van der Waals surface area (Å²) in [6, 6.07) is 4.53. The Labute approximate surface area is 108 Å². The molecule has 2 amide bonds. The molecule has 1 rings (SSSR count). The second-order valence-corrected chi connectivity index (χ2v) is 4.50. The highest BCUT2D eigenvalue weighted by Crippen LogP contribution is 2.25. The van der Waals surface area contributed by atoms with Crippen molar-refractivity contribution in [3.63, 3.8) is 0 Å². The van der Waals surface area contributed by atoms with Crippen molar-refractivity contribution in [3.8, 4) is 0 Å². The monoisotopic (exact) mass is 299 g/mol. The molecule has 5 N–H and O–H groups in total. The van der Waals surface area contributed by atoms with Crippen LogP contribution in [0.25, 0.3) is 0 Å². The van der Waals surface area contributed by atoms with Gasteiger partial charge in [0.2, 0.25) is 11.8 Å². The van der Waals surface area contributed by atoms with Crippen LogP contribution in [0.2, 0.25) is 0 Å². The number of carbonyl (C=O) groups excluding carboxylic acids is 2. The lowest BCUT2D eigenvalue weighted by molar-refractivity contribution is -0.123. The van der Waals surface area contributed by atoms with Crippen LogP contribution in [-0.2, 0) is 9.59 Å². The molecular weight excluding hydrogens is 286 g/mol. The zero-order valence-electron chi connectivity index (χ0n) is 9.37. The van der Waals surface area contributed by atoms with Crippen molar-refractivity contribution in [2.24, 2.45) is 11.5 Å². The van der Waals surface area contributed by atoms with Gasteiger partial charge >= 0.3 is 0 Å². The molecule has 0 aliphatic rings. The number of anilines is 1. The van der Waals surface area contributed by atoms with Crippen LogP contribution in [0.1, 0.15) is 12.0 Å². The van der Waals surface area contributed by atoms with Gasteiger partial charge in [-0.2, -0.15) is 0 Å². The summed E-state index contributed by atoms with van der Waals surface area (Å²) in [4.78, 5) is 22.3. The zero-order valence-corrected chi connectivity index (χ0v) is 11.0. The molecule has 0 fully saturated rings. The fourth-order valence-electron chi connectivity index (χ4n) is 1.28. The first kappa shape index (κ1) is 13.7. The van der Waals surface area contributed by atoms with Crippen LogP contribution < -0.4 is 16.8 Å². The summed E-state index contributed by atoms with van der Waals surface area (Å²) >= 11 is 3.36. The molecule has 0 saturated carbocycles. The van der Waals surface area contributed by atoms with Crippen molar-refractivity contribution in [1.82, 2.24) is 0 Å². The number of hydrogen-bond acceptors (Lipinski definition) is 3. The summed E-state index contributed by atoms with van der Waals surface area (Å²) in [5.74, 6) is -1.04. The number of halogens is 1. The van der Waals surface area contributed by atoms with Crippen LogP contribution in [-0.4, -0.2) is 17.9 Å². The van der Waals surface area contributed by atoms with E-state index in [1.54, 1.807) is 6.07 Å². The highest BCUT2D eigenvalue weighted by molar-refractivity contribution is 9.10. The molecule has 0 spiro atoms. The van der Waals surface area contributed by atoms with Crippen LogP contribution in [0.3, 0.4) is 0 Å². The highest BCUT2D eigenvalue weighted by atomic mass is 79.9. The van der Waals surface area contributed by atoms with Crippen molar-refractivity contribution < 1.29 is 9.59 Å². The molecule has 5 nitrogen and oxygen atoms in total. The molecule has 1 unspecified atom stereocenters. The van der Waals surface area contributed by atoms with Crippen molar-refractivity contribution in [2.45, 2.75) is 19.4 Å². The number of benzene rings is 1. The van der Waals surface area contributed by atoms with E-state index in [4.69, 9.17) is 11.5 Å². The van der Waals surface area contributed by atoms with E-state index < -0.39 is 17.9 Å². The molecule has 17 heavy (non-hydrogen) atoms. The normalized spacial score (nSPS) is 11.9. The van der Waals surface area contributed by atoms with Crippen LogP contribution in [0.5, 0.6) is 0 Å². The maximum atomic E-state index is 11.6. The van der Waals surface area contributed by atoms with Gasteiger partial charge in [-0.25, -0.2) is 0 Å². The fourth-order valence-corrected chi connectivity index (χ4v) is 1.64. The molecular formula is C11H14BrN3O2. The Bertz CT molecular complexity index is 448. The number of rotatable bonds is 4. The molecule has 0 aliphatic heterocycles. The van der Waals surface area contributed by atoms with Crippen molar-refractivity contribution in [2.75, 3.05) is 5.32 Å². The quantitative estimate of drug-likeness (QED) is 0.770. The Morgan fingerprint density at radius 1 is 1.47 bits per heavy atom. The first-order valence-corrected chi connectivity index (χ1v) is 5.81. The molecule has 6 heteroatoms. The third kappa shape index (κ3) is 3.83. The Balaban J connectivity index is 2.74. The molecule has 0 bridgehead atoms. The number of primary amides is 1. The summed E-state index contributed by atoms with van der Waals surface area (Å²) in [7, 11) is 0. The van der Waals surface area contributed by atoms with Crippen molar-refractivity contribution in [3.05, 3.63) is 28.2 Å². The zero-order chi connectivity index (χ0) is 13.0. The Kier molecular flexibility index (Phi) is 4.65. The smallest absolute Gasteiger partial charge is 0.241 e. The highest BCUT2D eigenvalue weighted by Gasteiger charge is 2.17. The van der Waals surface area contributed by atoms with Gasteiger partial charge in [0, 0.05) is 4.47 Å². The van der Waals surface area contributed by atoms with Crippen LogP contribution >= 0.6 is 15.9 Å². The molecule has 1 aromatic carbocycles. The molecule has 0 saturated heterocycles. The Morgan fingerprint density at radius 2 is 2.12 bits per heavy atom. The number of carbonyl (C=O) groups is 2. The topological polar surface area (TPSA) is 98.2 Å². The number of nitrogens with one attached hydrogen (secondary N) is 1. The molecule has 1 atom stereocenters. The average molecular weight is 300 g/mol. The van der Waals surface area contributed by atoms with Gasteiger partial charge in [0.05, 0.1) is 18.2 Å². The fraction of sp³-hybridized carbons (Fsp3) is 0.273. The predicted octanol–water partition coefficient (Wildman–Crippen LogP) is 0.899. The minimum Gasteiger partial charge on any atom is -0.370 e. The Morgan fingerprint density at radius 3 is 2.71 bits per heavy atom. The van der Waals surface area contributed by atoms with E-state index in [2.05, 4.69) is 21.2 Å². The van der Waals surface area contributed by atoms with Gasteiger partial charge in [0.1, 0.15) is 0 Å². The second kappa shape index (κ2) is 5.79. The van der Waals surface area contributed by atoms with Crippen LogP contribution in [0.4, 0.5) is 5.69 Å². The summed E-state index contributed by atoms with van der Waals surface area (Å²) < 4.78 is 0.791. The van der Waals surface area contributed by atoms with E-state index in [0.29, 0.717) is 5.69 Å². The Hall–Kier alpha value is -1.40. The van der Waals surface area contributed by atoms with Crippen LogP contribution in [0.15, 0.2) is 22.7 Å². The number of aryl methyl sites for hydroxylation is 1. The predicted molar refractivity (Wildman–Crippen MR) is 69.3 cm³/mol. The maximum Gasteiger partial charge on any atom is 0.241 e. The number of nitrogens with two attached hydrogens (primary N) is 2. The minimum absolute atomic E-state index is 0.171. The van der Waals surface area contributed by atoms with Crippen molar-refractivity contribution in [1.29, 1.82) is 0 Å². The third-order valence-corrected chi connectivity index (χ3v) is 3.26. The van der Waals surface area contributed by atoms with E-state index in [9.17, 15) is 9.59 Å². The molecule has 0 aromatic heterocycles. The maximum absolute atomic E-state index is 11.6. The van der Waals surface area contributed by atoms with Gasteiger partial charge in [0.15, 0.2) is 0 Å². The lowest BCUT2D eigenvalue weighted by atomic mass is 10.2. The van der Waals surface area contributed by atoms with Gasteiger partial charge in [-0.15, -0.1) is 0 Å². The van der Waals surface area contributed by atoms with E-state index in [0.717, 1.165) is 10.0 Å². The summed E-state index contributed by atoms with van der Waals surface area (Å²) in [6.07, 6.45) is -0.171. The third-order valence-electron chi connectivity index (χ3n) is 2.21. The van der Waals surface area contributed by atoms with Crippen molar-refractivity contribution >= 4 is 33.4 Å². The van der Waals surface area contributed by atoms with E-state index in [1.807, 2.05) is 19.1 Å². The summed E-state index contributed by atoms with van der Waals surface area (Å²) in [5, 5.41) is 2.64. The first-order chi connectivity index (χ1) is 7.91. The summed E-state index contributed by atoms with van der Waals surface area (Å²) in [6.45, 7) is 1.91. The van der Waals surface area contributed by atoms with Gasteiger partial charge in [-0.05, 0) is 34.5 Å². The van der Waals surface area contributed by atoms with Crippen LogP contribution in [0, 0.1) is 6.92 Å². The van der Waals surface area contributed by atoms with Gasteiger partial charge in [-0.3, -0.25) is 9.59 Å².